The van der Waals surface area contributed by atoms with Crippen molar-refractivity contribution in [2.45, 2.75) is 52.7 Å². The van der Waals surface area contributed by atoms with Crippen LogP contribution in [0.4, 0.5) is 0 Å². The third-order valence-corrected chi connectivity index (χ3v) is 7.05. The quantitative estimate of drug-likeness (QED) is 0.277. The summed E-state index contributed by atoms with van der Waals surface area (Å²) in [6, 6.07) is 23.0. The second-order valence-electron chi connectivity index (χ2n) is 9.68. The molecule has 1 aliphatic rings. The molecule has 0 unspecified atom stereocenters. The topological polar surface area (TPSA) is 85.9 Å². The molecule has 1 aliphatic heterocycles. The first-order valence-corrected chi connectivity index (χ1v) is 13.2. The third kappa shape index (κ3) is 4.34. The molecule has 3 heterocycles. The zero-order chi connectivity index (χ0) is 26.1. The number of aromatic nitrogens is 4. The Hall–Kier alpha value is -4.39. The lowest BCUT2D eigenvalue weighted by Gasteiger charge is -2.16. The number of rotatable bonds is 7. The molecule has 0 saturated heterocycles. The molecule has 0 spiro atoms. The van der Waals surface area contributed by atoms with Crippen molar-refractivity contribution in [3.8, 4) is 5.75 Å². The summed E-state index contributed by atoms with van der Waals surface area (Å²) in [4.78, 5) is 19.5. The van der Waals surface area contributed by atoms with Gasteiger partial charge in [-0.05, 0) is 53.8 Å². The molecule has 5 aromatic rings. The zero-order valence-electron chi connectivity index (χ0n) is 21.7. The number of fused-ring (bicyclic) bond motifs is 3. The van der Waals surface area contributed by atoms with Gasteiger partial charge in [-0.15, -0.1) is 0 Å². The second-order valence-corrected chi connectivity index (χ2v) is 9.68. The molecule has 1 N–H and O–H groups in total. The molecule has 0 bridgehead atoms. The molecule has 0 amide bonds. The van der Waals surface area contributed by atoms with Gasteiger partial charge in [-0.2, -0.15) is 0 Å². The summed E-state index contributed by atoms with van der Waals surface area (Å²) in [7, 11) is 0. The highest BCUT2D eigenvalue weighted by molar-refractivity contribution is 5.99. The van der Waals surface area contributed by atoms with Crippen molar-refractivity contribution in [3.63, 3.8) is 0 Å². The SMILES string of the molecule is CCC/C(=C1/c2ccc(Cn3c(CCC)nc4ccccc43)cc2COc2ccccc21)c1noc(=O)[nH]1. The van der Waals surface area contributed by atoms with Gasteiger partial charge in [0.05, 0.1) is 11.0 Å². The maximum atomic E-state index is 11.9. The fraction of sp³-hybridized carbons (Fsp3) is 0.258. The number of allylic oxidation sites excluding steroid dienone is 1. The van der Waals surface area contributed by atoms with E-state index < -0.39 is 5.76 Å². The molecule has 0 radical (unpaired) electrons. The van der Waals surface area contributed by atoms with Crippen LogP contribution < -0.4 is 10.5 Å². The number of nitrogens with one attached hydrogen (secondary N) is 1. The summed E-state index contributed by atoms with van der Waals surface area (Å²) in [5, 5.41) is 4.06. The number of benzene rings is 3. The van der Waals surface area contributed by atoms with Crippen LogP contribution in [0, 0.1) is 0 Å². The van der Waals surface area contributed by atoms with E-state index in [9.17, 15) is 4.79 Å². The van der Waals surface area contributed by atoms with E-state index in [0.717, 1.165) is 82.7 Å². The van der Waals surface area contributed by atoms with Crippen molar-refractivity contribution >= 4 is 22.2 Å². The van der Waals surface area contributed by atoms with Gasteiger partial charge in [0.2, 0.25) is 0 Å². The summed E-state index contributed by atoms with van der Waals surface area (Å²) in [6.45, 7) is 5.48. The molecule has 0 saturated carbocycles. The monoisotopic (exact) mass is 506 g/mol. The largest absolute Gasteiger partial charge is 0.488 e. The summed E-state index contributed by atoms with van der Waals surface area (Å²) in [5.74, 6) is 1.82. The minimum Gasteiger partial charge on any atom is -0.488 e. The molecule has 2 aromatic heterocycles. The molecule has 7 nitrogen and oxygen atoms in total. The van der Waals surface area contributed by atoms with Crippen LogP contribution in [0.3, 0.4) is 0 Å². The minimum absolute atomic E-state index is 0.449. The van der Waals surface area contributed by atoms with Crippen molar-refractivity contribution in [2.24, 2.45) is 0 Å². The molecule has 38 heavy (non-hydrogen) atoms. The summed E-state index contributed by atoms with van der Waals surface area (Å²) in [6.07, 6.45) is 3.59. The van der Waals surface area contributed by atoms with E-state index >= 15 is 0 Å². The van der Waals surface area contributed by atoms with Gasteiger partial charge in [0, 0.05) is 29.7 Å². The second kappa shape index (κ2) is 10.2. The third-order valence-electron chi connectivity index (χ3n) is 7.05. The molecule has 0 aliphatic carbocycles. The van der Waals surface area contributed by atoms with Crippen molar-refractivity contribution in [2.75, 3.05) is 0 Å². The molecular formula is C31H30N4O3. The Bertz CT molecular complexity index is 1710. The van der Waals surface area contributed by atoms with Gasteiger partial charge in [-0.25, -0.2) is 9.78 Å². The predicted molar refractivity (Wildman–Crippen MR) is 148 cm³/mol. The number of hydrogen-bond acceptors (Lipinski definition) is 5. The zero-order valence-corrected chi connectivity index (χ0v) is 21.7. The lowest BCUT2D eigenvalue weighted by Crippen LogP contribution is -2.07. The Morgan fingerprint density at radius 2 is 1.84 bits per heavy atom. The Morgan fingerprint density at radius 1 is 1.00 bits per heavy atom. The summed E-state index contributed by atoms with van der Waals surface area (Å²) >= 11 is 0. The number of ether oxygens (including phenoxy) is 1. The normalized spacial score (nSPS) is 14.1. The number of H-pyrrole nitrogens is 1. The van der Waals surface area contributed by atoms with Crippen molar-refractivity contribution < 1.29 is 9.26 Å². The summed E-state index contributed by atoms with van der Waals surface area (Å²) in [5.41, 5.74) is 8.48. The number of nitrogens with zero attached hydrogens (tertiary/aromatic N) is 3. The van der Waals surface area contributed by atoms with Gasteiger partial charge in [0.15, 0.2) is 5.82 Å². The average Bonchev–Trinajstić information content (AvgIpc) is 3.47. The summed E-state index contributed by atoms with van der Waals surface area (Å²) < 4.78 is 13.6. The number of hydrogen-bond donors (Lipinski definition) is 1. The van der Waals surface area contributed by atoms with Crippen LogP contribution in [-0.2, 0) is 19.6 Å². The van der Waals surface area contributed by atoms with E-state index in [-0.39, 0.29) is 0 Å². The smallest absolute Gasteiger partial charge is 0.439 e. The molecule has 3 aromatic carbocycles. The Labute approximate surface area is 220 Å². The van der Waals surface area contributed by atoms with Crippen molar-refractivity contribution in [1.29, 1.82) is 0 Å². The fourth-order valence-corrected chi connectivity index (χ4v) is 5.40. The van der Waals surface area contributed by atoms with Gasteiger partial charge < -0.3 is 9.30 Å². The van der Waals surface area contributed by atoms with Crippen LogP contribution in [-0.4, -0.2) is 19.7 Å². The predicted octanol–water partition coefficient (Wildman–Crippen LogP) is 6.37. The first kappa shape index (κ1) is 24.0. The maximum absolute atomic E-state index is 11.9. The highest BCUT2D eigenvalue weighted by Gasteiger charge is 2.25. The van der Waals surface area contributed by atoms with Crippen LogP contribution >= 0.6 is 0 Å². The Morgan fingerprint density at radius 3 is 2.66 bits per heavy atom. The van der Waals surface area contributed by atoms with Gasteiger partial charge in [-0.1, -0.05) is 67.9 Å². The lowest BCUT2D eigenvalue weighted by molar-refractivity contribution is 0.307. The minimum atomic E-state index is -0.557. The highest BCUT2D eigenvalue weighted by atomic mass is 16.5. The molecule has 192 valence electrons. The van der Waals surface area contributed by atoms with Crippen LogP contribution in [0.1, 0.15) is 67.0 Å². The van der Waals surface area contributed by atoms with Crippen LogP contribution in [0.2, 0.25) is 0 Å². The van der Waals surface area contributed by atoms with Gasteiger partial charge in [-0.3, -0.25) is 9.51 Å². The van der Waals surface area contributed by atoms with E-state index in [1.807, 2.05) is 24.3 Å². The average molecular weight is 507 g/mol. The molecular weight excluding hydrogens is 476 g/mol. The van der Waals surface area contributed by atoms with E-state index in [2.05, 4.69) is 71.0 Å². The Balaban J connectivity index is 1.50. The number of imidazole rings is 1. The van der Waals surface area contributed by atoms with E-state index in [1.165, 1.54) is 5.56 Å². The highest BCUT2D eigenvalue weighted by Crippen LogP contribution is 2.42. The number of para-hydroxylation sites is 3. The van der Waals surface area contributed by atoms with E-state index in [4.69, 9.17) is 14.2 Å². The van der Waals surface area contributed by atoms with Crippen LogP contribution in [0.25, 0.3) is 22.2 Å². The van der Waals surface area contributed by atoms with E-state index in [0.29, 0.717) is 12.4 Å². The number of aromatic amines is 1. The van der Waals surface area contributed by atoms with Gasteiger partial charge >= 0.3 is 5.76 Å². The first-order valence-electron chi connectivity index (χ1n) is 13.2. The maximum Gasteiger partial charge on any atom is 0.439 e. The number of aryl methyl sites for hydroxylation is 1. The Kier molecular flexibility index (Phi) is 6.42. The van der Waals surface area contributed by atoms with E-state index in [1.54, 1.807) is 0 Å². The van der Waals surface area contributed by atoms with Gasteiger partial charge in [0.25, 0.3) is 0 Å². The lowest BCUT2D eigenvalue weighted by atomic mass is 9.87. The fourth-order valence-electron chi connectivity index (χ4n) is 5.40. The van der Waals surface area contributed by atoms with Gasteiger partial charge in [0.1, 0.15) is 18.2 Å². The molecule has 6 rings (SSSR count). The standard InChI is InChI=1S/C31H30N4O3/c1-3-9-24(30-33-31(36)38-34-30)29-22-16-15-20(17-21(22)19-37-27-14-8-5-11-23(27)29)18-35-26-13-7-6-12-25(26)32-28(35)10-4-2/h5-8,11-17H,3-4,9-10,18-19H2,1-2H3,(H,33,34,36)/b29-24+. The molecule has 0 fully saturated rings. The molecule has 7 heteroatoms. The molecule has 0 atom stereocenters. The van der Waals surface area contributed by atoms with Crippen molar-refractivity contribution in [1.82, 2.24) is 19.7 Å². The first-order chi connectivity index (χ1) is 18.7. The van der Waals surface area contributed by atoms with Crippen LogP contribution in [0.15, 0.2) is 76.0 Å². The van der Waals surface area contributed by atoms with Crippen LogP contribution in [0.5, 0.6) is 5.75 Å². The van der Waals surface area contributed by atoms with Crippen molar-refractivity contribution in [3.05, 3.63) is 111 Å².